The first-order valence-electron chi connectivity index (χ1n) is 8.58. The van der Waals surface area contributed by atoms with Crippen LogP contribution in [-0.4, -0.2) is 11.1 Å². The van der Waals surface area contributed by atoms with E-state index in [0.717, 1.165) is 24.1 Å². The van der Waals surface area contributed by atoms with Crippen molar-refractivity contribution in [3.8, 4) is 0 Å². The van der Waals surface area contributed by atoms with Crippen LogP contribution < -0.4 is 15.5 Å². The van der Waals surface area contributed by atoms with Gasteiger partial charge < -0.3 is 10.0 Å². The molecule has 0 saturated carbocycles. The fourth-order valence-electron chi connectivity index (χ4n) is 2.49. The van der Waals surface area contributed by atoms with Crippen molar-refractivity contribution in [1.82, 2.24) is 0 Å². The summed E-state index contributed by atoms with van der Waals surface area (Å²) in [7, 11) is 0. The van der Waals surface area contributed by atoms with Gasteiger partial charge in [0.1, 0.15) is 0 Å². The van der Waals surface area contributed by atoms with Gasteiger partial charge in [-0.25, -0.2) is 0 Å². The maximum Gasteiger partial charge on any atom is 0.416 e. The molecular formula is C20H14Cl2F3N3O2S. The number of halogens is 5. The number of carbonyl (C=O) groups excluding carboxylic acids is 1. The number of alkyl halides is 3. The SMILES string of the molecule is O=C(Nc1ccc(Cl)c(NO)c1)c1cccc(SNc2cc(C(F)(F)F)ccc2Cl)c1. The molecule has 0 aliphatic carbocycles. The second-order valence-corrected chi connectivity index (χ2v) is 7.88. The fourth-order valence-corrected chi connectivity index (χ4v) is 3.60. The van der Waals surface area contributed by atoms with Crippen LogP contribution >= 0.6 is 35.1 Å². The quantitative estimate of drug-likeness (QED) is 0.219. The Morgan fingerprint density at radius 2 is 1.65 bits per heavy atom. The van der Waals surface area contributed by atoms with E-state index in [0.29, 0.717) is 16.1 Å². The lowest BCUT2D eigenvalue weighted by molar-refractivity contribution is -0.137. The smallest absolute Gasteiger partial charge is 0.324 e. The monoisotopic (exact) mass is 487 g/mol. The lowest BCUT2D eigenvalue weighted by Gasteiger charge is -2.12. The molecule has 3 aromatic rings. The van der Waals surface area contributed by atoms with Crippen LogP contribution in [0, 0.1) is 0 Å². The normalized spacial score (nSPS) is 11.2. The lowest BCUT2D eigenvalue weighted by Crippen LogP contribution is -2.12. The summed E-state index contributed by atoms with van der Waals surface area (Å²) in [6.45, 7) is 0. The number of benzene rings is 3. The van der Waals surface area contributed by atoms with Crippen molar-refractivity contribution in [1.29, 1.82) is 0 Å². The van der Waals surface area contributed by atoms with Gasteiger partial charge in [0.2, 0.25) is 0 Å². The lowest BCUT2D eigenvalue weighted by atomic mass is 10.2. The molecule has 0 spiro atoms. The topological polar surface area (TPSA) is 73.4 Å². The van der Waals surface area contributed by atoms with E-state index in [4.69, 9.17) is 28.4 Å². The summed E-state index contributed by atoms with van der Waals surface area (Å²) in [5.74, 6) is -0.425. The maximum atomic E-state index is 12.9. The van der Waals surface area contributed by atoms with Crippen LogP contribution in [0.15, 0.2) is 65.6 Å². The minimum absolute atomic E-state index is 0.0987. The van der Waals surface area contributed by atoms with Gasteiger partial charge in [0.05, 0.1) is 27.0 Å². The van der Waals surface area contributed by atoms with Crippen LogP contribution in [0.5, 0.6) is 0 Å². The molecule has 0 fully saturated rings. The van der Waals surface area contributed by atoms with Gasteiger partial charge in [-0.1, -0.05) is 29.3 Å². The van der Waals surface area contributed by atoms with Crippen molar-refractivity contribution >= 4 is 58.1 Å². The van der Waals surface area contributed by atoms with Crippen LogP contribution in [-0.2, 0) is 6.18 Å². The molecule has 0 aliphatic rings. The standard InChI is InChI=1S/C20H14Cl2F3N3O2S/c21-15-7-5-13(10-17(15)27-30)26-19(29)11-2-1-3-14(8-11)31-28-18-9-12(20(23,24)25)4-6-16(18)22/h1-10,27-28,30H,(H,26,29). The Morgan fingerprint density at radius 3 is 2.35 bits per heavy atom. The fraction of sp³-hybridized carbons (Fsp3) is 0.0500. The molecule has 0 radical (unpaired) electrons. The zero-order chi connectivity index (χ0) is 22.6. The van der Waals surface area contributed by atoms with Crippen molar-refractivity contribution in [2.45, 2.75) is 11.1 Å². The number of nitrogens with one attached hydrogen (secondary N) is 3. The molecule has 162 valence electrons. The Kier molecular flexibility index (Phi) is 7.22. The molecule has 3 aromatic carbocycles. The molecule has 0 unspecified atom stereocenters. The van der Waals surface area contributed by atoms with Crippen molar-refractivity contribution in [3.63, 3.8) is 0 Å². The third-order valence-electron chi connectivity index (χ3n) is 4.01. The van der Waals surface area contributed by atoms with Crippen molar-refractivity contribution in [2.75, 3.05) is 15.5 Å². The van der Waals surface area contributed by atoms with Crippen molar-refractivity contribution < 1.29 is 23.2 Å². The molecule has 31 heavy (non-hydrogen) atoms. The highest BCUT2D eigenvalue weighted by atomic mass is 35.5. The Hall–Kier alpha value is -2.59. The third kappa shape index (κ3) is 5.98. The van der Waals surface area contributed by atoms with Crippen LogP contribution in [0.25, 0.3) is 0 Å². The van der Waals surface area contributed by atoms with Crippen molar-refractivity contribution in [3.05, 3.63) is 81.8 Å². The number of rotatable bonds is 6. The first-order valence-corrected chi connectivity index (χ1v) is 10.2. The van der Waals surface area contributed by atoms with E-state index in [1.165, 1.54) is 18.2 Å². The molecule has 0 atom stereocenters. The number of hydrogen-bond acceptors (Lipinski definition) is 5. The summed E-state index contributed by atoms with van der Waals surface area (Å²) in [6.07, 6.45) is -4.49. The number of hydrogen-bond donors (Lipinski definition) is 4. The predicted molar refractivity (Wildman–Crippen MR) is 117 cm³/mol. The molecule has 1 amide bonds. The van der Waals surface area contributed by atoms with E-state index >= 15 is 0 Å². The first-order chi connectivity index (χ1) is 14.7. The molecule has 4 N–H and O–H groups in total. The largest absolute Gasteiger partial charge is 0.416 e. The van der Waals surface area contributed by atoms with Crippen LogP contribution in [0.1, 0.15) is 15.9 Å². The second-order valence-electron chi connectivity index (χ2n) is 6.18. The van der Waals surface area contributed by atoms with E-state index in [2.05, 4.69) is 10.0 Å². The van der Waals surface area contributed by atoms with Crippen molar-refractivity contribution in [2.24, 2.45) is 0 Å². The average Bonchev–Trinajstić information content (AvgIpc) is 2.73. The van der Waals surface area contributed by atoms with E-state index in [9.17, 15) is 18.0 Å². The third-order valence-corrected chi connectivity index (χ3v) is 5.48. The number of carbonyl (C=O) groups is 1. The van der Waals surface area contributed by atoms with E-state index in [1.54, 1.807) is 30.3 Å². The van der Waals surface area contributed by atoms with Gasteiger partial charge in [-0.05, 0) is 66.5 Å². The van der Waals surface area contributed by atoms with Gasteiger partial charge in [0.25, 0.3) is 5.91 Å². The summed E-state index contributed by atoms with van der Waals surface area (Å²) in [6, 6.07) is 14.0. The summed E-state index contributed by atoms with van der Waals surface area (Å²) in [4.78, 5) is 13.1. The molecular weight excluding hydrogens is 474 g/mol. The molecule has 0 saturated heterocycles. The molecule has 0 bridgehead atoms. The van der Waals surface area contributed by atoms with Crippen LogP contribution in [0.4, 0.5) is 30.2 Å². The summed E-state index contributed by atoms with van der Waals surface area (Å²) in [5, 5.41) is 12.1. The average molecular weight is 488 g/mol. The van der Waals surface area contributed by atoms with E-state index in [1.807, 2.05) is 5.48 Å². The minimum Gasteiger partial charge on any atom is -0.324 e. The molecule has 11 heteroatoms. The van der Waals surface area contributed by atoms with E-state index < -0.39 is 17.6 Å². The zero-order valence-corrected chi connectivity index (χ0v) is 17.8. The number of amides is 1. The summed E-state index contributed by atoms with van der Waals surface area (Å²) >= 11 is 12.9. The predicted octanol–water partition coefficient (Wildman–Crippen LogP) is 7.18. The Labute approximate surface area is 189 Å². The zero-order valence-electron chi connectivity index (χ0n) is 15.4. The summed E-state index contributed by atoms with van der Waals surface area (Å²) in [5.41, 5.74) is 2.15. The highest BCUT2D eigenvalue weighted by molar-refractivity contribution is 8.00. The second kappa shape index (κ2) is 9.69. The van der Waals surface area contributed by atoms with E-state index in [-0.39, 0.29) is 21.4 Å². The molecule has 5 nitrogen and oxygen atoms in total. The number of anilines is 3. The Morgan fingerprint density at radius 1 is 0.935 bits per heavy atom. The van der Waals surface area contributed by atoms with Gasteiger partial charge in [0, 0.05) is 16.1 Å². The van der Waals surface area contributed by atoms with Crippen LogP contribution in [0.3, 0.4) is 0 Å². The highest BCUT2D eigenvalue weighted by Crippen LogP contribution is 2.35. The van der Waals surface area contributed by atoms with Gasteiger partial charge >= 0.3 is 6.18 Å². The maximum absolute atomic E-state index is 12.9. The molecule has 0 aromatic heterocycles. The highest BCUT2D eigenvalue weighted by Gasteiger charge is 2.31. The summed E-state index contributed by atoms with van der Waals surface area (Å²) < 4.78 is 41.5. The van der Waals surface area contributed by atoms with Gasteiger partial charge in [-0.15, -0.1) is 0 Å². The Balaban J connectivity index is 1.71. The van der Waals surface area contributed by atoms with Gasteiger partial charge in [-0.3, -0.25) is 15.5 Å². The first kappa shape index (κ1) is 23.1. The van der Waals surface area contributed by atoms with Crippen LogP contribution in [0.2, 0.25) is 10.0 Å². The minimum atomic E-state index is -4.49. The Bertz CT molecular complexity index is 1110. The molecule has 3 rings (SSSR count). The molecule has 0 aliphatic heterocycles. The van der Waals surface area contributed by atoms with Gasteiger partial charge in [-0.2, -0.15) is 13.2 Å². The van der Waals surface area contributed by atoms with Gasteiger partial charge in [0.15, 0.2) is 0 Å². The molecule has 0 heterocycles.